The average Bonchev–Trinajstić information content (AvgIpc) is 2.45. The number of rotatable bonds is 5. The number of carbonyl (C=O) groups is 1. The summed E-state index contributed by atoms with van der Waals surface area (Å²) >= 11 is 0. The van der Waals surface area contributed by atoms with Crippen LogP contribution in [-0.2, 0) is 4.74 Å². The van der Waals surface area contributed by atoms with Gasteiger partial charge in [0.15, 0.2) is 5.78 Å². The maximum absolute atomic E-state index is 12.1. The molecule has 1 aromatic carbocycles. The fourth-order valence-electron chi connectivity index (χ4n) is 2.75. The minimum Gasteiger partial charge on any atom is -0.372 e. The van der Waals surface area contributed by atoms with Crippen molar-refractivity contribution in [3.63, 3.8) is 0 Å². The molecular formula is C16H22N2O2. The molecule has 0 radical (unpaired) electrons. The standard InChI is InChI=1S/C16H22N2O2/c19-16(13-4-2-1-3-5-13)12-18-8-6-14(7-9-18)20-15-10-17-11-15/h1-5,14-15,17H,6-12H2. The zero-order chi connectivity index (χ0) is 13.8. The maximum atomic E-state index is 12.1. The second-order valence-electron chi connectivity index (χ2n) is 5.68. The van der Waals surface area contributed by atoms with E-state index in [9.17, 15) is 4.79 Å². The molecule has 2 aliphatic heterocycles. The molecule has 1 aromatic rings. The van der Waals surface area contributed by atoms with Crippen LogP contribution in [0.4, 0.5) is 0 Å². The first kappa shape index (κ1) is 13.7. The van der Waals surface area contributed by atoms with Crippen molar-refractivity contribution < 1.29 is 9.53 Å². The Morgan fingerprint density at radius 2 is 1.85 bits per heavy atom. The third-order valence-electron chi connectivity index (χ3n) is 4.13. The highest BCUT2D eigenvalue weighted by Crippen LogP contribution is 2.17. The summed E-state index contributed by atoms with van der Waals surface area (Å²) in [5, 5.41) is 3.22. The smallest absolute Gasteiger partial charge is 0.176 e. The van der Waals surface area contributed by atoms with Crippen molar-refractivity contribution in [2.24, 2.45) is 0 Å². The SMILES string of the molecule is O=C(CN1CCC(OC2CNC2)CC1)c1ccccc1. The zero-order valence-corrected chi connectivity index (χ0v) is 11.8. The highest BCUT2D eigenvalue weighted by molar-refractivity contribution is 5.97. The molecule has 108 valence electrons. The first-order valence-corrected chi connectivity index (χ1v) is 7.48. The summed E-state index contributed by atoms with van der Waals surface area (Å²) in [6.07, 6.45) is 2.87. The lowest BCUT2D eigenvalue weighted by molar-refractivity contribution is -0.0611. The molecule has 4 heteroatoms. The summed E-state index contributed by atoms with van der Waals surface area (Å²) in [6, 6.07) is 9.55. The van der Waals surface area contributed by atoms with Crippen molar-refractivity contribution in [3.8, 4) is 0 Å². The molecule has 2 aliphatic rings. The first-order valence-electron chi connectivity index (χ1n) is 7.48. The molecule has 20 heavy (non-hydrogen) atoms. The van der Waals surface area contributed by atoms with Gasteiger partial charge in [-0.15, -0.1) is 0 Å². The number of carbonyl (C=O) groups excluding carboxylic acids is 1. The van der Waals surface area contributed by atoms with E-state index in [0.29, 0.717) is 18.8 Å². The van der Waals surface area contributed by atoms with Crippen LogP contribution in [-0.4, -0.2) is 55.6 Å². The third kappa shape index (κ3) is 3.45. The van der Waals surface area contributed by atoms with Crippen LogP contribution in [0.1, 0.15) is 23.2 Å². The minimum absolute atomic E-state index is 0.216. The van der Waals surface area contributed by atoms with Gasteiger partial charge in [0.05, 0.1) is 18.8 Å². The maximum Gasteiger partial charge on any atom is 0.176 e. The molecule has 0 aromatic heterocycles. The van der Waals surface area contributed by atoms with Crippen molar-refractivity contribution in [2.45, 2.75) is 25.0 Å². The van der Waals surface area contributed by atoms with E-state index in [0.717, 1.165) is 44.6 Å². The van der Waals surface area contributed by atoms with Crippen LogP contribution in [0.25, 0.3) is 0 Å². The Labute approximate surface area is 120 Å². The molecule has 0 amide bonds. The third-order valence-corrected chi connectivity index (χ3v) is 4.13. The fraction of sp³-hybridized carbons (Fsp3) is 0.562. The van der Waals surface area contributed by atoms with Crippen LogP contribution < -0.4 is 5.32 Å². The second kappa shape index (κ2) is 6.48. The largest absolute Gasteiger partial charge is 0.372 e. The van der Waals surface area contributed by atoms with Gasteiger partial charge in [-0.1, -0.05) is 30.3 Å². The molecule has 0 atom stereocenters. The number of benzene rings is 1. The number of hydrogen-bond acceptors (Lipinski definition) is 4. The predicted octanol–water partition coefficient (Wildman–Crippen LogP) is 1.32. The summed E-state index contributed by atoms with van der Waals surface area (Å²) in [5.74, 6) is 0.216. The quantitative estimate of drug-likeness (QED) is 0.822. The Kier molecular flexibility index (Phi) is 4.45. The van der Waals surface area contributed by atoms with Crippen LogP contribution in [0.15, 0.2) is 30.3 Å². The van der Waals surface area contributed by atoms with Gasteiger partial charge in [-0.05, 0) is 12.8 Å². The van der Waals surface area contributed by atoms with E-state index in [1.165, 1.54) is 0 Å². The Morgan fingerprint density at radius 1 is 1.15 bits per heavy atom. The highest BCUT2D eigenvalue weighted by Gasteiger charge is 2.26. The number of piperidine rings is 1. The van der Waals surface area contributed by atoms with E-state index >= 15 is 0 Å². The number of Topliss-reactive ketones (excluding diaryl/α,β-unsaturated/α-hetero) is 1. The van der Waals surface area contributed by atoms with Gasteiger partial charge in [0.25, 0.3) is 0 Å². The number of nitrogens with one attached hydrogen (secondary N) is 1. The summed E-state index contributed by atoms with van der Waals surface area (Å²) in [6.45, 7) is 4.44. The number of nitrogens with zero attached hydrogens (tertiary/aromatic N) is 1. The molecule has 2 saturated heterocycles. The van der Waals surface area contributed by atoms with Crippen LogP contribution >= 0.6 is 0 Å². The van der Waals surface area contributed by atoms with Crippen LogP contribution in [0.5, 0.6) is 0 Å². The van der Waals surface area contributed by atoms with E-state index in [-0.39, 0.29) is 5.78 Å². The Balaban J connectivity index is 1.43. The predicted molar refractivity (Wildman–Crippen MR) is 78.0 cm³/mol. The first-order chi connectivity index (χ1) is 9.81. The molecule has 0 bridgehead atoms. The lowest BCUT2D eigenvalue weighted by atomic mass is 10.1. The molecule has 4 nitrogen and oxygen atoms in total. The van der Waals surface area contributed by atoms with Gasteiger partial charge in [0, 0.05) is 31.7 Å². The molecule has 3 rings (SSSR count). The van der Waals surface area contributed by atoms with Crippen molar-refractivity contribution in [3.05, 3.63) is 35.9 Å². The van der Waals surface area contributed by atoms with Crippen molar-refractivity contribution in [1.82, 2.24) is 10.2 Å². The van der Waals surface area contributed by atoms with Crippen LogP contribution in [0.3, 0.4) is 0 Å². The molecule has 2 fully saturated rings. The summed E-state index contributed by atoms with van der Waals surface area (Å²) in [5.41, 5.74) is 0.811. The number of hydrogen-bond donors (Lipinski definition) is 1. The summed E-state index contributed by atoms with van der Waals surface area (Å²) in [4.78, 5) is 14.4. The molecule has 0 spiro atoms. The molecule has 2 heterocycles. The van der Waals surface area contributed by atoms with Gasteiger partial charge >= 0.3 is 0 Å². The molecule has 1 N–H and O–H groups in total. The zero-order valence-electron chi connectivity index (χ0n) is 11.8. The summed E-state index contributed by atoms with van der Waals surface area (Å²) < 4.78 is 5.99. The monoisotopic (exact) mass is 274 g/mol. The van der Waals surface area contributed by atoms with Gasteiger partial charge < -0.3 is 10.1 Å². The van der Waals surface area contributed by atoms with E-state index < -0.39 is 0 Å². The van der Waals surface area contributed by atoms with Gasteiger partial charge in [-0.3, -0.25) is 9.69 Å². The van der Waals surface area contributed by atoms with E-state index in [4.69, 9.17) is 4.74 Å². The Hall–Kier alpha value is -1.23. The van der Waals surface area contributed by atoms with Crippen molar-refractivity contribution in [2.75, 3.05) is 32.7 Å². The van der Waals surface area contributed by atoms with Gasteiger partial charge in [-0.2, -0.15) is 0 Å². The number of ether oxygens (including phenoxy) is 1. The van der Waals surface area contributed by atoms with E-state index in [1.807, 2.05) is 30.3 Å². The molecule has 0 aliphatic carbocycles. The van der Waals surface area contributed by atoms with Gasteiger partial charge in [-0.25, -0.2) is 0 Å². The van der Waals surface area contributed by atoms with E-state index in [1.54, 1.807) is 0 Å². The normalized spacial score (nSPS) is 21.6. The van der Waals surface area contributed by atoms with E-state index in [2.05, 4.69) is 10.2 Å². The van der Waals surface area contributed by atoms with Crippen LogP contribution in [0.2, 0.25) is 0 Å². The van der Waals surface area contributed by atoms with Gasteiger partial charge in [0.2, 0.25) is 0 Å². The van der Waals surface area contributed by atoms with Gasteiger partial charge in [0.1, 0.15) is 0 Å². The second-order valence-corrected chi connectivity index (χ2v) is 5.68. The van der Waals surface area contributed by atoms with Crippen molar-refractivity contribution in [1.29, 1.82) is 0 Å². The molecular weight excluding hydrogens is 252 g/mol. The molecule has 0 unspecified atom stereocenters. The lowest BCUT2D eigenvalue weighted by Crippen LogP contribution is -2.51. The van der Waals surface area contributed by atoms with Crippen molar-refractivity contribution >= 4 is 5.78 Å². The Bertz CT molecular complexity index is 437. The fourth-order valence-corrected chi connectivity index (χ4v) is 2.75. The summed E-state index contributed by atoms with van der Waals surface area (Å²) in [7, 11) is 0. The lowest BCUT2D eigenvalue weighted by Gasteiger charge is -2.36. The average molecular weight is 274 g/mol. The number of likely N-dealkylation sites (tertiary alicyclic amines) is 1. The molecule has 0 saturated carbocycles. The minimum atomic E-state index is 0.216. The Morgan fingerprint density at radius 3 is 2.45 bits per heavy atom. The van der Waals surface area contributed by atoms with Crippen LogP contribution in [0, 0.1) is 0 Å². The topological polar surface area (TPSA) is 41.6 Å². The highest BCUT2D eigenvalue weighted by atomic mass is 16.5. The number of ketones is 1.